The quantitative estimate of drug-likeness (QED) is 0.163. The Morgan fingerprint density at radius 1 is 0.368 bits per heavy atom. The van der Waals surface area contributed by atoms with E-state index in [0.717, 1.165) is 66.8 Å². The summed E-state index contributed by atoms with van der Waals surface area (Å²) in [6.45, 7) is 0. The normalized spacial score (nSPS) is 11.5. The summed E-state index contributed by atoms with van der Waals surface area (Å²) in [7, 11) is 0. The number of hydrogen-bond donors (Lipinski definition) is 0. The van der Waals surface area contributed by atoms with Crippen LogP contribution in [-0.2, 0) is 0 Å². The van der Waals surface area contributed by atoms with Gasteiger partial charge in [-0.3, -0.25) is 0 Å². The lowest BCUT2D eigenvalue weighted by Crippen LogP contribution is -2.11. The number of anilines is 3. The van der Waals surface area contributed by atoms with Gasteiger partial charge in [-0.05, 0) is 99.8 Å². The minimum Gasteiger partial charge on any atom is -0.453 e. The Kier molecular flexibility index (Phi) is 7.82. The predicted octanol–water partition coefficient (Wildman–Crippen LogP) is 15.2. The maximum atomic E-state index is 6.87. The molecule has 0 fully saturated rings. The van der Waals surface area contributed by atoms with Gasteiger partial charge >= 0.3 is 0 Å². The molecule has 2 aromatic heterocycles. The highest BCUT2D eigenvalue weighted by Crippen LogP contribution is 2.44. The van der Waals surface area contributed by atoms with Gasteiger partial charge < -0.3 is 13.9 Å². The average molecular weight is 729 g/mol. The van der Waals surface area contributed by atoms with Crippen molar-refractivity contribution >= 4 is 60.8 Å². The van der Waals surface area contributed by atoms with Gasteiger partial charge in [0.1, 0.15) is 11.1 Å². The standard InChI is InChI=1S/C54H36N2O/c1-3-15-39(16-4-1)46-20-9-11-24-50(46)55(44-32-28-38(29-33-44)42-27-26-37-14-7-8-17-41(37)36-42)45-34-30-40(31-35-45)47-22-13-23-49-52-54(57-53(47)49)48-21-10-12-25-51(48)56(52)43-18-5-2-6-19-43/h1-36H. The van der Waals surface area contributed by atoms with Crippen LogP contribution in [-0.4, -0.2) is 4.57 Å². The number of nitrogens with zero attached hydrogens (tertiary/aromatic N) is 2. The van der Waals surface area contributed by atoms with Crippen molar-refractivity contribution in [1.82, 2.24) is 4.57 Å². The molecule has 2 heterocycles. The molecule has 11 rings (SSSR count). The monoisotopic (exact) mass is 728 g/mol. The fourth-order valence-electron chi connectivity index (χ4n) is 8.48. The summed E-state index contributed by atoms with van der Waals surface area (Å²) in [6, 6.07) is 78.0. The molecule has 0 aliphatic rings. The number of fused-ring (bicyclic) bond motifs is 6. The van der Waals surface area contributed by atoms with Crippen LogP contribution < -0.4 is 4.90 Å². The molecule has 0 aliphatic carbocycles. The predicted molar refractivity (Wildman–Crippen MR) is 239 cm³/mol. The third kappa shape index (κ3) is 5.60. The van der Waals surface area contributed by atoms with Gasteiger partial charge in [-0.25, -0.2) is 0 Å². The SMILES string of the molecule is c1ccc(-c2ccccc2N(c2ccc(-c3ccc4ccccc4c3)cc2)c2ccc(-c3cccc4c3oc3c5ccccc5n(-c5ccccc5)c43)cc2)cc1. The van der Waals surface area contributed by atoms with Gasteiger partial charge in [0.2, 0.25) is 0 Å². The van der Waals surface area contributed by atoms with Gasteiger partial charge in [-0.1, -0.05) is 152 Å². The molecule has 0 saturated carbocycles. The third-order valence-corrected chi connectivity index (χ3v) is 11.2. The van der Waals surface area contributed by atoms with E-state index in [1.54, 1.807) is 0 Å². The topological polar surface area (TPSA) is 21.3 Å². The smallest absolute Gasteiger partial charge is 0.161 e. The summed E-state index contributed by atoms with van der Waals surface area (Å²) in [4.78, 5) is 2.37. The van der Waals surface area contributed by atoms with E-state index in [2.05, 4.69) is 228 Å². The van der Waals surface area contributed by atoms with Crippen molar-refractivity contribution in [3.8, 4) is 39.1 Å². The van der Waals surface area contributed by atoms with Gasteiger partial charge in [0.05, 0.1) is 11.2 Å². The first-order valence-corrected chi connectivity index (χ1v) is 19.4. The Bertz CT molecular complexity index is 3210. The van der Waals surface area contributed by atoms with Crippen molar-refractivity contribution in [2.45, 2.75) is 0 Å². The number of para-hydroxylation sites is 4. The molecule has 0 N–H and O–H groups in total. The molecule has 57 heavy (non-hydrogen) atoms. The molecule has 0 amide bonds. The Morgan fingerprint density at radius 2 is 0.947 bits per heavy atom. The maximum Gasteiger partial charge on any atom is 0.161 e. The Balaban J connectivity index is 1.03. The molecule has 0 aliphatic heterocycles. The zero-order chi connectivity index (χ0) is 37.7. The molecule has 0 unspecified atom stereocenters. The molecule has 268 valence electrons. The molecule has 3 nitrogen and oxygen atoms in total. The van der Waals surface area contributed by atoms with E-state index < -0.39 is 0 Å². The van der Waals surface area contributed by atoms with Crippen LogP contribution in [0.1, 0.15) is 0 Å². The Hall–Kier alpha value is -7.62. The van der Waals surface area contributed by atoms with Gasteiger partial charge in [0.25, 0.3) is 0 Å². The Morgan fingerprint density at radius 3 is 1.74 bits per heavy atom. The second kappa shape index (κ2) is 13.6. The second-order valence-electron chi connectivity index (χ2n) is 14.5. The van der Waals surface area contributed by atoms with Crippen LogP contribution in [0.15, 0.2) is 223 Å². The van der Waals surface area contributed by atoms with E-state index in [1.807, 2.05) is 0 Å². The molecular formula is C54H36N2O. The molecule has 11 aromatic rings. The number of hydrogen-bond acceptors (Lipinski definition) is 2. The lowest BCUT2D eigenvalue weighted by Gasteiger charge is -2.28. The molecule has 0 spiro atoms. The summed E-state index contributed by atoms with van der Waals surface area (Å²) >= 11 is 0. The van der Waals surface area contributed by atoms with Crippen LogP contribution in [0, 0.1) is 0 Å². The van der Waals surface area contributed by atoms with E-state index in [9.17, 15) is 0 Å². The second-order valence-corrected chi connectivity index (χ2v) is 14.5. The van der Waals surface area contributed by atoms with Crippen LogP contribution in [0.25, 0.3) is 82.8 Å². The number of benzene rings is 9. The van der Waals surface area contributed by atoms with E-state index in [0.29, 0.717) is 0 Å². The number of rotatable bonds is 7. The minimum absolute atomic E-state index is 0.890. The molecule has 0 radical (unpaired) electrons. The lowest BCUT2D eigenvalue weighted by molar-refractivity contribution is 0.674. The van der Waals surface area contributed by atoms with E-state index >= 15 is 0 Å². The minimum atomic E-state index is 0.890. The number of furan rings is 1. The summed E-state index contributed by atoms with van der Waals surface area (Å²) in [5.41, 5.74) is 15.3. The van der Waals surface area contributed by atoms with Crippen molar-refractivity contribution in [2.75, 3.05) is 4.90 Å². The van der Waals surface area contributed by atoms with Crippen LogP contribution in [0.3, 0.4) is 0 Å². The summed E-state index contributed by atoms with van der Waals surface area (Å²) < 4.78 is 9.20. The molecular weight excluding hydrogens is 693 g/mol. The Labute approximate surface area is 330 Å². The van der Waals surface area contributed by atoms with Gasteiger partial charge in [0.15, 0.2) is 5.58 Å². The highest BCUT2D eigenvalue weighted by molar-refractivity contribution is 6.18. The average Bonchev–Trinajstić information content (AvgIpc) is 3.83. The first kappa shape index (κ1) is 32.8. The number of aromatic nitrogens is 1. The highest BCUT2D eigenvalue weighted by Gasteiger charge is 2.22. The fraction of sp³-hybridized carbons (Fsp3) is 0. The van der Waals surface area contributed by atoms with Gasteiger partial charge in [-0.15, -0.1) is 0 Å². The fourth-order valence-corrected chi connectivity index (χ4v) is 8.48. The lowest BCUT2D eigenvalue weighted by atomic mass is 9.99. The first-order chi connectivity index (χ1) is 28.3. The van der Waals surface area contributed by atoms with Crippen molar-refractivity contribution < 1.29 is 4.42 Å². The first-order valence-electron chi connectivity index (χ1n) is 19.4. The van der Waals surface area contributed by atoms with Crippen molar-refractivity contribution in [2.24, 2.45) is 0 Å². The third-order valence-electron chi connectivity index (χ3n) is 11.2. The summed E-state index contributed by atoms with van der Waals surface area (Å²) in [5, 5.41) is 4.69. The zero-order valence-electron chi connectivity index (χ0n) is 31.1. The maximum absolute atomic E-state index is 6.87. The zero-order valence-corrected chi connectivity index (χ0v) is 31.1. The van der Waals surface area contributed by atoms with Gasteiger partial charge in [-0.2, -0.15) is 0 Å². The van der Waals surface area contributed by atoms with E-state index in [4.69, 9.17) is 4.42 Å². The molecule has 9 aromatic carbocycles. The highest BCUT2D eigenvalue weighted by atomic mass is 16.3. The molecule has 3 heteroatoms. The molecule has 0 bridgehead atoms. The van der Waals surface area contributed by atoms with Gasteiger partial charge in [0, 0.05) is 39.0 Å². The van der Waals surface area contributed by atoms with Crippen molar-refractivity contribution in [1.29, 1.82) is 0 Å². The van der Waals surface area contributed by atoms with Crippen LogP contribution in [0.2, 0.25) is 0 Å². The summed E-state index contributed by atoms with van der Waals surface area (Å²) in [5.74, 6) is 0. The van der Waals surface area contributed by atoms with Crippen molar-refractivity contribution in [3.63, 3.8) is 0 Å². The van der Waals surface area contributed by atoms with E-state index in [-0.39, 0.29) is 0 Å². The largest absolute Gasteiger partial charge is 0.453 e. The van der Waals surface area contributed by atoms with Crippen LogP contribution in [0.5, 0.6) is 0 Å². The van der Waals surface area contributed by atoms with Crippen molar-refractivity contribution in [3.05, 3.63) is 218 Å². The van der Waals surface area contributed by atoms with Crippen LogP contribution >= 0.6 is 0 Å². The van der Waals surface area contributed by atoms with E-state index in [1.165, 1.54) is 33.0 Å². The molecule has 0 saturated heterocycles. The van der Waals surface area contributed by atoms with Crippen LogP contribution in [0.4, 0.5) is 17.1 Å². The summed E-state index contributed by atoms with van der Waals surface area (Å²) in [6.07, 6.45) is 0. The molecule has 0 atom stereocenters.